The van der Waals surface area contributed by atoms with Crippen LogP contribution in [0, 0.1) is 0 Å². The van der Waals surface area contributed by atoms with Gasteiger partial charge in [0.05, 0.1) is 11.3 Å². The number of benzene rings is 2. The zero-order valence-corrected chi connectivity index (χ0v) is 14.3. The SMILES string of the molecule is CN1CC(=O)N(CC(=O)Nc2ccc(Cl)cc2)c2ccccc2C1=O. The maximum absolute atomic E-state index is 12.5. The van der Waals surface area contributed by atoms with Gasteiger partial charge in [0, 0.05) is 17.8 Å². The minimum absolute atomic E-state index is 0.0816. The molecule has 3 rings (SSSR count). The van der Waals surface area contributed by atoms with Crippen molar-refractivity contribution in [2.24, 2.45) is 0 Å². The number of nitrogens with one attached hydrogen (secondary N) is 1. The van der Waals surface area contributed by atoms with Gasteiger partial charge >= 0.3 is 0 Å². The molecule has 1 aliphatic rings. The molecule has 3 amide bonds. The lowest BCUT2D eigenvalue weighted by Gasteiger charge is -2.21. The van der Waals surface area contributed by atoms with Gasteiger partial charge in [-0.1, -0.05) is 23.7 Å². The molecule has 2 aromatic carbocycles. The summed E-state index contributed by atoms with van der Waals surface area (Å²) in [7, 11) is 1.56. The lowest BCUT2D eigenvalue weighted by molar-refractivity contribution is -0.121. The van der Waals surface area contributed by atoms with E-state index in [9.17, 15) is 14.4 Å². The summed E-state index contributed by atoms with van der Waals surface area (Å²) in [6.45, 7) is -0.263. The fourth-order valence-corrected chi connectivity index (χ4v) is 2.77. The second kappa shape index (κ2) is 6.94. The van der Waals surface area contributed by atoms with Crippen LogP contribution in [-0.2, 0) is 9.59 Å². The van der Waals surface area contributed by atoms with Gasteiger partial charge in [-0.3, -0.25) is 14.4 Å². The highest BCUT2D eigenvalue weighted by atomic mass is 35.5. The molecule has 7 heteroatoms. The van der Waals surface area contributed by atoms with Gasteiger partial charge in [0.2, 0.25) is 11.8 Å². The van der Waals surface area contributed by atoms with Crippen molar-refractivity contribution in [1.82, 2.24) is 4.90 Å². The molecule has 0 aromatic heterocycles. The number of amides is 3. The van der Waals surface area contributed by atoms with Crippen molar-refractivity contribution in [1.29, 1.82) is 0 Å². The Morgan fingerprint density at radius 2 is 1.80 bits per heavy atom. The molecule has 25 heavy (non-hydrogen) atoms. The van der Waals surface area contributed by atoms with E-state index in [2.05, 4.69) is 5.32 Å². The minimum atomic E-state index is -0.359. The van der Waals surface area contributed by atoms with Gasteiger partial charge in [0.25, 0.3) is 5.91 Å². The number of fused-ring (bicyclic) bond motifs is 1. The molecule has 0 unspecified atom stereocenters. The average molecular weight is 358 g/mol. The molecule has 0 saturated carbocycles. The van der Waals surface area contributed by atoms with Crippen LogP contribution in [0.5, 0.6) is 0 Å². The van der Waals surface area contributed by atoms with Gasteiger partial charge in [0.1, 0.15) is 13.1 Å². The molecule has 0 saturated heterocycles. The first-order valence-electron chi connectivity index (χ1n) is 7.66. The Morgan fingerprint density at radius 3 is 2.52 bits per heavy atom. The lowest BCUT2D eigenvalue weighted by atomic mass is 10.1. The Labute approximate surface area is 150 Å². The van der Waals surface area contributed by atoms with E-state index in [4.69, 9.17) is 11.6 Å². The van der Waals surface area contributed by atoms with E-state index in [0.29, 0.717) is 22.0 Å². The van der Waals surface area contributed by atoms with Crippen molar-refractivity contribution in [2.45, 2.75) is 0 Å². The second-order valence-corrected chi connectivity index (χ2v) is 6.15. The van der Waals surface area contributed by atoms with Crippen LogP contribution >= 0.6 is 11.6 Å². The molecule has 0 radical (unpaired) electrons. The summed E-state index contributed by atoms with van der Waals surface area (Å²) >= 11 is 5.82. The van der Waals surface area contributed by atoms with Crippen molar-refractivity contribution >= 4 is 40.7 Å². The van der Waals surface area contributed by atoms with Crippen molar-refractivity contribution in [3.05, 3.63) is 59.1 Å². The van der Waals surface area contributed by atoms with Crippen molar-refractivity contribution < 1.29 is 14.4 Å². The third-order valence-corrected chi connectivity index (χ3v) is 4.13. The Hall–Kier alpha value is -2.86. The zero-order valence-electron chi connectivity index (χ0n) is 13.5. The first kappa shape index (κ1) is 17.0. The molecule has 2 aromatic rings. The molecule has 0 atom stereocenters. The highest BCUT2D eigenvalue weighted by Crippen LogP contribution is 2.25. The van der Waals surface area contributed by atoms with E-state index in [1.54, 1.807) is 55.6 Å². The third kappa shape index (κ3) is 3.64. The molecular weight excluding hydrogens is 342 g/mol. The van der Waals surface area contributed by atoms with Crippen LogP contribution in [0.15, 0.2) is 48.5 Å². The van der Waals surface area contributed by atoms with Gasteiger partial charge < -0.3 is 15.1 Å². The van der Waals surface area contributed by atoms with Crippen LogP contribution in [0.2, 0.25) is 5.02 Å². The maximum Gasteiger partial charge on any atom is 0.256 e. The van der Waals surface area contributed by atoms with E-state index < -0.39 is 0 Å². The normalized spacial score (nSPS) is 14.2. The van der Waals surface area contributed by atoms with Crippen molar-refractivity contribution in [3.63, 3.8) is 0 Å². The summed E-state index contributed by atoms with van der Waals surface area (Å²) in [5.74, 6) is -0.918. The summed E-state index contributed by atoms with van der Waals surface area (Å²) in [4.78, 5) is 39.9. The van der Waals surface area contributed by atoms with Crippen LogP contribution in [0.4, 0.5) is 11.4 Å². The number of hydrogen-bond donors (Lipinski definition) is 1. The molecule has 1 aliphatic heterocycles. The maximum atomic E-state index is 12.5. The molecule has 0 spiro atoms. The predicted molar refractivity (Wildman–Crippen MR) is 95.8 cm³/mol. The number of carbonyl (C=O) groups is 3. The zero-order chi connectivity index (χ0) is 18.0. The van der Waals surface area contributed by atoms with Crippen LogP contribution in [0.25, 0.3) is 0 Å². The first-order valence-corrected chi connectivity index (χ1v) is 8.04. The number of para-hydroxylation sites is 1. The number of anilines is 2. The number of carbonyl (C=O) groups excluding carboxylic acids is 3. The second-order valence-electron chi connectivity index (χ2n) is 5.71. The molecule has 1 heterocycles. The fourth-order valence-electron chi connectivity index (χ4n) is 2.64. The van der Waals surface area contributed by atoms with E-state index in [1.165, 1.54) is 9.80 Å². The van der Waals surface area contributed by atoms with E-state index in [-0.39, 0.29) is 30.8 Å². The van der Waals surface area contributed by atoms with E-state index in [0.717, 1.165) is 0 Å². The fraction of sp³-hybridized carbons (Fsp3) is 0.167. The lowest BCUT2D eigenvalue weighted by Crippen LogP contribution is -2.41. The Morgan fingerprint density at radius 1 is 1.12 bits per heavy atom. The highest BCUT2D eigenvalue weighted by molar-refractivity contribution is 6.30. The standard InChI is InChI=1S/C18H16ClN3O3/c1-21-11-17(24)22(15-5-3-2-4-14(15)18(21)25)10-16(23)20-13-8-6-12(19)7-9-13/h2-9H,10-11H2,1H3,(H,20,23). The van der Waals surface area contributed by atoms with Gasteiger partial charge in [-0.2, -0.15) is 0 Å². The smallest absolute Gasteiger partial charge is 0.256 e. The summed E-state index contributed by atoms with van der Waals surface area (Å²) in [6, 6.07) is 13.5. The van der Waals surface area contributed by atoms with E-state index >= 15 is 0 Å². The minimum Gasteiger partial charge on any atom is -0.332 e. The Bertz CT molecular complexity index is 836. The van der Waals surface area contributed by atoms with Crippen molar-refractivity contribution in [3.8, 4) is 0 Å². The average Bonchev–Trinajstić information content (AvgIpc) is 2.68. The quantitative estimate of drug-likeness (QED) is 0.917. The van der Waals surface area contributed by atoms with Crippen LogP contribution in [0.1, 0.15) is 10.4 Å². The Balaban J connectivity index is 1.84. The number of likely N-dealkylation sites (N-methyl/N-ethyl adjacent to an activating group) is 1. The first-order chi connectivity index (χ1) is 12.0. The van der Waals surface area contributed by atoms with Crippen LogP contribution in [-0.4, -0.2) is 42.8 Å². The van der Waals surface area contributed by atoms with Crippen LogP contribution < -0.4 is 10.2 Å². The molecule has 0 bridgehead atoms. The number of hydrogen-bond acceptors (Lipinski definition) is 3. The Kier molecular flexibility index (Phi) is 4.72. The molecule has 0 fully saturated rings. The summed E-state index contributed by atoms with van der Waals surface area (Å²) in [5, 5.41) is 3.29. The predicted octanol–water partition coefficient (Wildman–Crippen LogP) is 2.40. The summed E-state index contributed by atoms with van der Waals surface area (Å²) in [5.41, 5.74) is 1.42. The topological polar surface area (TPSA) is 69.7 Å². The van der Waals surface area contributed by atoms with Crippen molar-refractivity contribution in [2.75, 3.05) is 30.4 Å². The van der Waals surface area contributed by atoms with Gasteiger partial charge in [-0.05, 0) is 36.4 Å². The van der Waals surface area contributed by atoms with Crippen LogP contribution in [0.3, 0.4) is 0 Å². The van der Waals surface area contributed by atoms with E-state index in [1.807, 2.05) is 0 Å². The summed E-state index contributed by atoms with van der Waals surface area (Å²) in [6.07, 6.45) is 0. The molecule has 6 nitrogen and oxygen atoms in total. The number of rotatable bonds is 3. The molecule has 1 N–H and O–H groups in total. The highest BCUT2D eigenvalue weighted by Gasteiger charge is 2.30. The van der Waals surface area contributed by atoms with Gasteiger partial charge in [0.15, 0.2) is 0 Å². The largest absolute Gasteiger partial charge is 0.332 e. The number of halogens is 1. The monoisotopic (exact) mass is 357 g/mol. The number of nitrogens with zero attached hydrogens (tertiary/aromatic N) is 2. The third-order valence-electron chi connectivity index (χ3n) is 3.88. The molecule has 128 valence electrons. The summed E-state index contributed by atoms with van der Waals surface area (Å²) < 4.78 is 0. The van der Waals surface area contributed by atoms with Gasteiger partial charge in [-0.25, -0.2) is 0 Å². The molecular formula is C18H16ClN3O3. The van der Waals surface area contributed by atoms with Gasteiger partial charge in [-0.15, -0.1) is 0 Å². The molecule has 0 aliphatic carbocycles.